The zero-order chi connectivity index (χ0) is 8.84. The van der Waals surface area contributed by atoms with Crippen LogP contribution in [0.2, 0.25) is 0 Å². The minimum absolute atomic E-state index is 1.32. The second kappa shape index (κ2) is 2.36. The van der Waals surface area contributed by atoms with E-state index in [0.29, 0.717) is 0 Å². The third-order valence-electron chi connectivity index (χ3n) is 2.50. The van der Waals surface area contributed by atoms with Gasteiger partial charge in [0.2, 0.25) is 0 Å². The SMILES string of the molecule is Cn1c2ccccc2c2ccsc21. The van der Waals surface area contributed by atoms with Crippen molar-refractivity contribution in [3.8, 4) is 0 Å². The van der Waals surface area contributed by atoms with Crippen LogP contribution in [0.1, 0.15) is 0 Å². The van der Waals surface area contributed by atoms with Gasteiger partial charge in [0.15, 0.2) is 0 Å². The van der Waals surface area contributed by atoms with Crippen molar-refractivity contribution in [2.45, 2.75) is 0 Å². The Morgan fingerprint density at radius 1 is 1.08 bits per heavy atom. The predicted molar refractivity (Wildman–Crippen MR) is 58.3 cm³/mol. The van der Waals surface area contributed by atoms with Gasteiger partial charge >= 0.3 is 0 Å². The van der Waals surface area contributed by atoms with E-state index in [1.54, 1.807) is 11.3 Å². The number of rotatable bonds is 0. The van der Waals surface area contributed by atoms with Crippen LogP contribution in [0, 0.1) is 0 Å². The van der Waals surface area contributed by atoms with Crippen molar-refractivity contribution in [3.05, 3.63) is 35.7 Å². The topological polar surface area (TPSA) is 4.93 Å². The molecule has 0 unspecified atom stereocenters. The Morgan fingerprint density at radius 2 is 1.92 bits per heavy atom. The number of nitrogens with zero attached hydrogens (tertiary/aromatic N) is 1. The van der Waals surface area contributed by atoms with Crippen molar-refractivity contribution in [2.24, 2.45) is 7.05 Å². The van der Waals surface area contributed by atoms with Crippen LogP contribution >= 0.6 is 11.3 Å². The number of fused-ring (bicyclic) bond motifs is 3. The summed E-state index contributed by atoms with van der Waals surface area (Å²) in [6, 6.07) is 10.7. The monoisotopic (exact) mass is 187 g/mol. The van der Waals surface area contributed by atoms with Gasteiger partial charge in [-0.05, 0) is 17.5 Å². The summed E-state index contributed by atoms with van der Waals surface area (Å²) in [5.41, 5.74) is 1.32. The molecule has 13 heavy (non-hydrogen) atoms. The van der Waals surface area contributed by atoms with E-state index in [2.05, 4.69) is 47.3 Å². The fourth-order valence-electron chi connectivity index (χ4n) is 1.87. The molecule has 3 rings (SSSR count). The van der Waals surface area contributed by atoms with Crippen LogP contribution in [-0.2, 0) is 7.05 Å². The van der Waals surface area contributed by atoms with E-state index in [1.807, 2.05) is 0 Å². The summed E-state index contributed by atoms with van der Waals surface area (Å²) in [4.78, 5) is 1.36. The first-order chi connectivity index (χ1) is 6.38. The highest BCUT2D eigenvalue weighted by molar-refractivity contribution is 7.17. The fourth-order valence-corrected chi connectivity index (χ4v) is 2.76. The van der Waals surface area contributed by atoms with Crippen molar-refractivity contribution < 1.29 is 0 Å². The Kier molecular flexibility index (Phi) is 1.30. The number of para-hydroxylation sites is 1. The van der Waals surface area contributed by atoms with Gasteiger partial charge in [0.25, 0.3) is 0 Å². The molecule has 0 aliphatic rings. The molecule has 0 fully saturated rings. The van der Waals surface area contributed by atoms with Gasteiger partial charge in [0.1, 0.15) is 4.83 Å². The summed E-state index contributed by atoms with van der Waals surface area (Å²) in [7, 11) is 2.13. The molecule has 0 aliphatic carbocycles. The molecule has 0 aliphatic heterocycles. The van der Waals surface area contributed by atoms with Crippen molar-refractivity contribution in [2.75, 3.05) is 0 Å². The van der Waals surface area contributed by atoms with Gasteiger partial charge in [-0.2, -0.15) is 0 Å². The lowest BCUT2D eigenvalue weighted by Crippen LogP contribution is -1.83. The molecule has 64 valence electrons. The number of thiophene rings is 1. The van der Waals surface area contributed by atoms with E-state index in [1.165, 1.54) is 21.1 Å². The minimum atomic E-state index is 1.32. The Hall–Kier alpha value is -1.28. The van der Waals surface area contributed by atoms with Crippen LogP contribution in [0.25, 0.3) is 21.1 Å². The normalized spacial score (nSPS) is 11.5. The molecule has 1 nitrogen and oxygen atoms in total. The molecule has 0 atom stereocenters. The van der Waals surface area contributed by atoms with Gasteiger partial charge in [0.05, 0.1) is 0 Å². The predicted octanol–water partition coefficient (Wildman–Crippen LogP) is 3.39. The van der Waals surface area contributed by atoms with Gasteiger partial charge in [-0.25, -0.2) is 0 Å². The van der Waals surface area contributed by atoms with Crippen LogP contribution in [0.15, 0.2) is 35.7 Å². The van der Waals surface area contributed by atoms with E-state index in [-0.39, 0.29) is 0 Å². The molecule has 0 N–H and O–H groups in total. The first kappa shape index (κ1) is 7.15. The number of hydrogen-bond donors (Lipinski definition) is 0. The van der Waals surface area contributed by atoms with E-state index in [9.17, 15) is 0 Å². The zero-order valence-corrected chi connectivity index (χ0v) is 8.14. The second-order valence-electron chi connectivity index (χ2n) is 3.22. The highest BCUT2D eigenvalue weighted by Crippen LogP contribution is 2.31. The molecule has 2 heterocycles. The molecule has 0 radical (unpaired) electrons. The molecule has 0 saturated carbocycles. The maximum Gasteiger partial charge on any atom is 0.103 e. The molecule has 3 aromatic rings. The summed E-state index contributed by atoms with van der Waals surface area (Å²) in [6.07, 6.45) is 0. The smallest absolute Gasteiger partial charge is 0.103 e. The summed E-state index contributed by atoms with van der Waals surface area (Å²) in [6.45, 7) is 0. The summed E-state index contributed by atoms with van der Waals surface area (Å²) in [5.74, 6) is 0. The van der Waals surface area contributed by atoms with Gasteiger partial charge in [0, 0.05) is 23.3 Å². The first-order valence-corrected chi connectivity index (χ1v) is 5.16. The van der Waals surface area contributed by atoms with Crippen molar-refractivity contribution in [1.29, 1.82) is 0 Å². The van der Waals surface area contributed by atoms with Crippen LogP contribution in [0.3, 0.4) is 0 Å². The average Bonchev–Trinajstić information content (AvgIpc) is 2.72. The van der Waals surface area contributed by atoms with Crippen LogP contribution in [0.5, 0.6) is 0 Å². The fraction of sp³-hybridized carbons (Fsp3) is 0.0909. The van der Waals surface area contributed by atoms with E-state index < -0.39 is 0 Å². The molecule has 0 amide bonds. The maximum atomic E-state index is 2.26. The molecule has 2 aromatic heterocycles. The van der Waals surface area contributed by atoms with Gasteiger partial charge in [-0.15, -0.1) is 11.3 Å². The van der Waals surface area contributed by atoms with E-state index in [4.69, 9.17) is 0 Å². The number of hydrogen-bond acceptors (Lipinski definition) is 1. The number of aromatic nitrogens is 1. The van der Waals surface area contributed by atoms with E-state index >= 15 is 0 Å². The van der Waals surface area contributed by atoms with Crippen molar-refractivity contribution in [3.63, 3.8) is 0 Å². The first-order valence-electron chi connectivity index (χ1n) is 4.28. The maximum absolute atomic E-state index is 2.26. The summed E-state index contributed by atoms with van der Waals surface area (Å²) in [5, 5.41) is 4.89. The quantitative estimate of drug-likeness (QED) is 0.508. The summed E-state index contributed by atoms with van der Waals surface area (Å²) < 4.78 is 2.26. The molecular formula is C11H9NS. The molecule has 0 bridgehead atoms. The number of aryl methyl sites for hydroxylation is 1. The van der Waals surface area contributed by atoms with Crippen molar-refractivity contribution >= 4 is 32.5 Å². The Labute approximate surface area is 80.2 Å². The molecule has 2 heteroatoms. The van der Waals surface area contributed by atoms with Gasteiger partial charge < -0.3 is 4.57 Å². The number of benzene rings is 1. The Balaban J connectivity index is 2.72. The van der Waals surface area contributed by atoms with Crippen molar-refractivity contribution in [1.82, 2.24) is 4.57 Å². The van der Waals surface area contributed by atoms with Gasteiger partial charge in [-0.3, -0.25) is 0 Å². The standard InChI is InChI=1S/C11H9NS/c1-12-10-5-3-2-4-8(10)9-6-7-13-11(9)12/h2-7H,1H3. The van der Waals surface area contributed by atoms with E-state index in [0.717, 1.165) is 0 Å². The lowest BCUT2D eigenvalue weighted by Gasteiger charge is -1.94. The second-order valence-corrected chi connectivity index (χ2v) is 4.11. The van der Waals surface area contributed by atoms with Crippen LogP contribution < -0.4 is 0 Å². The zero-order valence-electron chi connectivity index (χ0n) is 7.32. The average molecular weight is 187 g/mol. The third kappa shape index (κ3) is 0.810. The third-order valence-corrected chi connectivity index (χ3v) is 3.49. The molecule has 1 aromatic carbocycles. The highest BCUT2D eigenvalue weighted by atomic mass is 32.1. The highest BCUT2D eigenvalue weighted by Gasteiger charge is 2.06. The molecule has 0 spiro atoms. The Morgan fingerprint density at radius 3 is 2.85 bits per heavy atom. The Bertz CT molecular complexity index is 574. The molecule has 0 saturated heterocycles. The minimum Gasteiger partial charge on any atom is -0.335 e. The molecular weight excluding hydrogens is 178 g/mol. The van der Waals surface area contributed by atoms with Crippen LogP contribution in [0.4, 0.5) is 0 Å². The van der Waals surface area contributed by atoms with Crippen LogP contribution in [-0.4, -0.2) is 4.57 Å². The lowest BCUT2D eigenvalue weighted by molar-refractivity contribution is 1.02. The lowest BCUT2D eigenvalue weighted by atomic mass is 10.2. The summed E-state index contributed by atoms with van der Waals surface area (Å²) >= 11 is 1.80. The largest absolute Gasteiger partial charge is 0.335 e. The van der Waals surface area contributed by atoms with Gasteiger partial charge in [-0.1, -0.05) is 18.2 Å².